The zero-order valence-corrected chi connectivity index (χ0v) is 13.0. The fourth-order valence-electron chi connectivity index (χ4n) is 2.84. The predicted molar refractivity (Wildman–Crippen MR) is 81.0 cm³/mol. The zero-order chi connectivity index (χ0) is 13.4. The van der Waals surface area contributed by atoms with Gasteiger partial charge in [0.1, 0.15) is 0 Å². The zero-order valence-electron chi connectivity index (χ0n) is 13.0. The monoisotopic (exact) mass is 254 g/mol. The van der Waals surface area contributed by atoms with E-state index in [-0.39, 0.29) is 0 Å². The molecule has 0 amide bonds. The second-order valence-corrected chi connectivity index (χ2v) is 6.54. The highest BCUT2D eigenvalue weighted by Crippen LogP contribution is 2.18. The molecular weight excluding hydrogens is 220 g/mol. The standard InChI is InChI=1S/C16H34N2/c1-5-16-7-6-11-18(13-16)12-10-17-15(4)9-8-14(2)3/h14-17H,5-13H2,1-4H3. The first-order valence-corrected chi connectivity index (χ1v) is 8.07. The highest BCUT2D eigenvalue weighted by atomic mass is 15.1. The lowest BCUT2D eigenvalue weighted by molar-refractivity contribution is 0.171. The van der Waals surface area contributed by atoms with Gasteiger partial charge in [-0.05, 0) is 51.0 Å². The smallest absolute Gasteiger partial charge is 0.0107 e. The molecule has 0 aromatic carbocycles. The van der Waals surface area contributed by atoms with E-state index in [1.165, 1.54) is 51.7 Å². The number of hydrogen-bond acceptors (Lipinski definition) is 2. The van der Waals surface area contributed by atoms with Crippen LogP contribution in [0, 0.1) is 11.8 Å². The Labute approximate surface area is 115 Å². The predicted octanol–water partition coefficient (Wildman–Crippen LogP) is 3.52. The van der Waals surface area contributed by atoms with Gasteiger partial charge in [-0.15, -0.1) is 0 Å². The molecular formula is C16H34N2. The molecule has 0 aromatic heterocycles. The van der Waals surface area contributed by atoms with E-state index >= 15 is 0 Å². The highest BCUT2D eigenvalue weighted by Gasteiger charge is 2.17. The summed E-state index contributed by atoms with van der Waals surface area (Å²) in [6, 6.07) is 0.680. The Bertz CT molecular complexity index is 203. The van der Waals surface area contributed by atoms with Crippen molar-refractivity contribution in [2.45, 2.75) is 65.8 Å². The van der Waals surface area contributed by atoms with Gasteiger partial charge in [-0.1, -0.05) is 27.2 Å². The molecule has 108 valence electrons. The molecule has 2 nitrogen and oxygen atoms in total. The van der Waals surface area contributed by atoms with Crippen LogP contribution in [0.5, 0.6) is 0 Å². The van der Waals surface area contributed by atoms with Gasteiger partial charge >= 0.3 is 0 Å². The quantitative estimate of drug-likeness (QED) is 0.713. The van der Waals surface area contributed by atoms with Crippen LogP contribution in [0.25, 0.3) is 0 Å². The second-order valence-electron chi connectivity index (χ2n) is 6.54. The van der Waals surface area contributed by atoms with Crippen molar-refractivity contribution in [2.24, 2.45) is 11.8 Å². The summed E-state index contributed by atoms with van der Waals surface area (Å²) in [5, 5.41) is 3.68. The fourth-order valence-corrected chi connectivity index (χ4v) is 2.84. The van der Waals surface area contributed by atoms with Crippen LogP contribution in [0.4, 0.5) is 0 Å². The van der Waals surface area contributed by atoms with Gasteiger partial charge in [0, 0.05) is 25.7 Å². The topological polar surface area (TPSA) is 15.3 Å². The molecule has 18 heavy (non-hydrogen) atoms. The van der Waals surface area contributed by atoms with E-state index in [0.29, 0.717) is 6.04 Å². The lowest BCUT2D eigenvalue weighted by Gasteiger charge is -2.32. The van der Waals surface area contributed by atoms with Crippen LogP contribution >= 0.6 is 0 Å². The van der Waals surface area contributed by atoms with E-state index in [2.05, 4.69) is 37.9 Å². The van der Waals surface area contributed by atoms with Crippen molar-refractivity contribution in [3.63, 3.8) is 0 Å². The number of likely N-dealkylation sites (tertiary alicyclic amines) is 1. The molecule has 0 bridgehead atoms. The summed E-state index contributed by atoms with van der Waals surface area (Å²) >= 11 is 0. The van der Waals surface area contributed by atoms with Gasteiger partial charge in [-0.3, -0.25) is 0 Å². The van der Waals surface area contributed by atoms with Crippen molar-refractivity contribution in [3.8, 4) is 0 Å². The Morgan fingerprint density at radius 2 is 2.00 bits per heavy atom. The van der Waals surface area contributed by atoms with E-state index < -0.39 is 0 Å². The number of nitrogens with zero attached hydrogens (tertiary/aromatic N) is 1. The summed E-state index contributed by atoms with van der Waals surface area (Å²) in [5.74, 6) is 1.79. The van der Waals surface area contributed by atoms with Crippen molar-refractivity contribution in [3.05, 3.63) is 0 Å². The SMILES string of the molecule is CCC1CCCN(CCNC(C)CCC(C)C)C1. The molecule has 0 saturated carbocycles. The molecule has 2 atom stereocenters. The van der Waals surface area contributed by atoms with Crippen LogP contribution in [0.1, 0.15) is 59.8 Å². The Morgan fingerprint density at radius 3 is 2.67 bits per heavy atom. The van der Waals surface area contributed by atoms with Crippen molar-refractivity contribution in [1.82, 2.24) is 10.2 Å². The number of nitrogens with one attached hydrogen (secondary N) is 1. The third kappa shape index (κ3) is 6.75. The third-order valence-electron chi connectivity index (χ3n) is 4.28. The summed E-state index contributed by atoms with van der Waals surface area (Å²) in [4.78, 5) is 2.65. The number of piperidine rings is 1. The first-order chi connectivity index (χ1) is 8.61. The molecule has 2 heteroatoms. The minimum Gasteiger partial charge on any atom is -0.313 e. The second kappa shape index (κ2) is 8.92. The van der Waals surface area contributed by atoms with Gasteiger partial charge < -0.3 is 10.2 Å². The fraction of sp³-hybridized carbons (Fsp3) is 1.00. The Morgan fingerprint density at radius 1 is 1.22 bits per heavy atom. The van der Waals surface area contributed by atoms with Gasteiger partial charge in [0.15, 0.2) is 0 Å². The molecule has 1 aliphatic rings. The Hall–Kier alpha value is -0.0800. The van der Waals surface area contributed by atoms with Crippen molar-refractivity contribution >= 4 is 0 Å². The molecule has 0 radical (unpaired) electrons. The first kappa shape index (κ1) is 16.0. The maximum atomic E-state index is 3.68. The number of rotatable bonds is 8. The lowest BCUT2D eigenvalue weighted by Crippen LogP contribution is -2.41. The minimum absolute atomic E-state index is 0.680. The largest absolute Gasteiger partial charge is 0.313 e. The minimum atomic E-state index is 0.680. The van der Waals surface area contributed by atoms with E-state index in [1.54, 1.807) is 0 Å². The molecule has 1 N–H and O–H groups in total. The van der Waals surface area contributed by atoms with E-state index in [9.17, 15) is 0 Å². The molecule has 1 heterocycles. The van der Waals surface area contributed by atoms with Gasteiger partial charge in [0.2, 0.25) is 0 Å². The Kier molecular flexibility index (Phi) is 7.92. The van der Waals surface area contributed by atoms with Gasteiger partial charge in [-0.25, -0.2) is 0 Å². The molecule has 1 aliphatic heterocycles. The molecule has 1 rings (SSSR count). The van der Waals surface area contributed by atoms with Gasteiger partial charge in [0.25, 0.3) is 0 Å². The summed E-state index contributed by atoms with van der Waals surface area (Å²) in [6.07, 6.45) is 6.87. The number of hydrogen-bond donors (Lipinski definition) is 1. The van der Waals surface area contributed by atoms with Crippen LogP contribution in [-0.2, 0) is 0 Å². The normalized spacial score (nSPS) is 23.5. The van der Waals surface area contributed by atoms with Crippen LogP contribution in [0.15, 0.2) is 0 Å². The Balaban J connectivity index is 2.06. The molecule has 1 fully saturated rings. The summed E-state index contributed by atoms with van der Waals surface area (Å²) in [6.45, 7) is 14.3. The maximum absolute atomic E-state index is 3.68. The van der Waals surface area contributed by atoms with Gasteiger partial charge in [0.05, 0.1) is 0 Å². The van der Waals surface area contributed by atoms with Gasteiger partial charge in [-0.2, -0.15) is 0 Å². The van der Waals surface area contributed by atoms with Crippen LogP contribution in [-0.4, -0.2) is 37.1 Å². The summed E-state index contributed by atoms with van der Waals surface area (Å²) in [5.41, 5.74) is 0. The maximum Gasteiger partial charge on any atom is 0.0107 e. The van der Waals surface area contributed by atoms with Crippen molar-refractivity contribution in [1.29, 1.82) is 0 Å². The van der Waals surface area contributed by atoms with Crippen LogP contribution < -0.4 is 5.32 Å². The molecule has 0 aliphatic carbocycles. The summed E-state index contributed by atoms with van der Waals surface area (Å²) < 4.78 is 0. The van der Waals surface area contributed by atoms with E-state index in [4.69, 9.17) is 0 Å². The molecule has 1 saturated heterocycles. The molecule has 0 aromatic rings. The van der Waals surface area contributed by atoms with E-state index in [1.807, 2.05) is 0 Å². The van der Waals surface area contributed by atoms with E-state index in [0.717, 1.165) is 18.4 Å². The third-order valence-corrected chi connectivity index (χ3v) is 4.28. The van der Waals surface area contributed by atoms with Crippen LogP contribution in [0.3, 0.4) is 0 Å². The van der Waals surface area contributed by atoms with Crippen LogP contribution in [0.2, 0.25) is 0 Å². The van der Waals surface area contributed by atoms with Crippen molar-refractivity contribution < 1.29 is 0 Å². The van der Waals surface area contributed by atoms with Crippen molar-refractivity contribution in [2.75, 3.05) is 26.2 Å². The highest BCUT2D eigenvalue weighted by molar-refractivity contribution is 4.73. The first-order valence-electron chi connectivity index (χ1n) is 8.07. The lowest BCUT2D eigenvalue weighted by atomic mass is 9.96. The average Bonchev–Trinajstić information content (AvgIpc) is 2.36. The average molecular weight is 254 g/mol. The molecule has 0 spiro atoms. The molecule has 2 unspecified atom stereocenters. The summed E-state index contributed by atoms with van der Waals surface area (Å²) in [7, 11) is 0.